The van der Waals surface area contributed by atoms with Crippen LogP contribution >= 0.6 is 23.1 Å². The highest BCUT2D eigenvalue weighted by Gasteiger charge is 2.28. The number of aryl methyl sites for hydroxylation is 1. The van der Waals surface area contributed by atoms with Gasteiger partial charge < -0.3 is 5.32 Å². The van der Waals surface area contributed by atoms with E-state index in [9.17, 15) is 13.2 Å². The van der Waals surface area contributed by atoms with Crippen LogP contribution in [-0.2, 0) is 14.6 Å². The number of aromatic nitrogens is 2. The number of sulfone groups is 1. The molecular formula is C19H19N3O3S3. The van der Waals surface area contributed by atoms with Crippen LogP contribution in [0.5, 0.6) is 0 Å². The summed E-state index contributed by atoms with van der Waals surface area (Å²) in [4.78, 5) is 23.3. The molecule has 28 heavy (non-hydrogen) atoms. The molecular weight excluding hydrogens is 414 g/mol. The summed E-state index contributed by atoms with van der Waals surface area (Å²) in [5, 5.41) is 4.53. The summed E-state index contributed by atoms with van der Waals surface area (Å²) in [5.41, 5.74) is 1.12. The van der Waals surface area contributed by atoms with Crippen LogP contribution in [0.2, 0.25) is 0 Å². The predicted octanol–water partition coefficient (Wildman–Crippen LogP) is 3.06. The van der Waals surface area contributed by atoms with Gasteiger partial charge >= 0.3 is 0 Å². The third kappa shape index (κ3) is 4.37. The van der Waals surface area contributed by atoms with Gasteiger partial charge in [0.25, 0.3) is 0 Å². The van der Waals surface area contributed by atoms with E-state index in [2.05, 4.69) is 33.5 Å². The van der Waals surface area contributed by atoms with E-state index in [1.807, 2.05) is 25.1 Å². The minimum atomic E-state index is -3.01. The maximum Gasteiger partial charge on any atom is 0.230 e. The van der Waals surface area contributed by atoms with Gasteiger partial charge in [-0.2, -0.15) is 0 Å². The van der Waals surface area contributed by atoms with Crippen LogP contribution in [0, 0.1) is 6.92 Å². The number of benzene rings is 1. The fourth-order valence-electron chi connectivity index (χ4n) is 3.16. The number of thiophene rings is 1. The first kappa shape index (κ1) is 19.4. The van der Waals surface area contributed by atoms with Gasteiger partial charge in [-0.3, -0.25) is 4.79 Å². The lowest BCUT2D eigenvalue weighted by atomic mass is 10.2. The third-order valence-electron chi connectivity index (χ3n) is 4.47. The van der Waals surface area contributed by atoms with E-state index >= 15 is 0 Å². The number of thioether (sulfide) groups is 1. The molecule has 1 fully saturated rings. The summed E-state index contributed by atoms with van der Waals surface area (Å²) in [5.74, 6) is 0.867. The van der Waals surface area contributed by atoms with E-state index in [4.69, 9.17) is 0 Å². The molecule has 3 heterocycles. The number of carbonyl (C=O) groups is 1. The number of rotatable bonds is 5. The first-order chi connectivity index (χ1) is 13.4. The van der Waals surface area contributed by atoms with Crippen LogP contribution in [0.4, 0.5) is 0 Å². The van der Waals surface area contributed by atoms with Crippen molar-refractivity contribution in [3.05, 3.63) is 42.2 Å². The third-order valence-corrected chi connectivity index (χ3v) is 8.30. The zero-order chi connectivity index (χ0) is 19.7. The molecule has 1 aromatic carbocycles. The number of carbonyl (C=O) groups excluding carboxylic acids is 1. The SMILES string of the molecule is Cc1nc(SCC(=O)NC2CCS(=O)(=O)C2)c2cc(-c3ccccc3)sc2n1. The summed E-state index contributed by atoms with van der Waals surface area (Å²) in [7, 11) is -3.01. The first-order valence-corrected chi connectivity index (χ1v) is 12.5. The molecule has 1 atom stereocenters. The second-order valence-corrected chi connectivity index (χ2v) is 11.0. The van der Waals surface area contributed by atoms with Crippen LogP contribution < -0.4 is 5.32 Å². The van der Waals surface area contributed by atoms with Gasteiger partial charge in [0.15, 0.2) is 9.84 Å². The number of fused-ring (bicyclic) bond motifs is 1. The molecule has 1 saturated heterocycles. The molecule has 1 N–H and O–H groups in total. The Labute approximate surface area is 171 Å². The van der Waals surface area contributed by atoms with E-state index in [1.54, 1.807) is 11.3 Å². The summed E-state index contributed by atoms with van der Waals surface area (Å²) >= 11 is 2.97. The van der Waals surface area contributed by atoms with Gasteiger partial charge in [0.1, 0.15) is 15.7 Å². The molecule has 2 aromatic heterocycles. The lowest BCUT2D eigenvalue weighted by Crippen LogP contribution is -2.36. The maximum atomic E-state index is 12.3. The normalized spacial score (nSPS) is 18.4. The summed E-state index contributed by atoms with van der Waals surface area (Å²) < 4.78 is 23.1. The van der Waals surface area contributed by atoms with E-state index in [-0.39, 0.29) is 29.2 Å². The molecule has 6 nitrogen and oxygen atoms in total. The molecule has 1 amide bonds. The minimum Gasteiger partial charge on any atom is -0.352 e. The van der Waals surface area contributed by atoms with Crippen LogP contribution in [-0.4, -0.2) is 47.6 Å². The number of hydrogen-bond donors (Lipinski definition) is 1. The number of nitrogens with zero attached hydrogens (tertiary/aromatic N) is 2. The largest absolute Gasteiger partial charge is 0.352 e. The van der Waals surface area contributed by atoms with Crippen molar-refractivity contribution < 1.29 is 13.2 Å². The molecule has 0 aliphatic carbocycles. The Bertz CT molecular complexity index is 1130. The zero-order valence-electron chi connectivity index (χ0n) is 15.2. The van der Waals surface area contributed by atoms with Gasteiger partial charge in [-0.1, -0.05) is 42.1 Å². The standard InChI is InChI=1S/C19H19N3O3S3/c1-12-20-18(26-10-17(23)22-14-7-8-28(24,25)11-14)15-9-16(27-19(15)21-12)13-5-3-2-4-6-13/h2-6,9,14H,7-8,10-11H2,1H3,(H,22,23). The average molecular weight is 434 g/mol. The molecule has 1 aliphatic rings. The highest BCUT2D eigenvalue weighted by atomic mass is 32.2. The van der Waals surface area contributed by atoms with Crippen molar-refractivity contribution in [1.82, 2.24) is 15.3 Å². The molecule has 4 rings (SSSR count). The fourth-order valence-corrected chi connectivity index (χ4v) is 6.84. The van der Waals surface area contributed by atoms with Crippen molar-refractivity contribution in [3.63, 3.8) is 0 Å². The average Bonchev–Trinajstić information content (AvgIpc) is 3.23. The lowest BCUT2D eigenvalue weighted by molar-refractivity contribution is -0.119. The number of nitrogens with one attached hydrogen (secondary N) is 1. The van der Waals surface area contributed by atoms with Gasteiger partial charge in [0, 0.05) is 16.3 Å². The monoisotopic (exact) mass is 433 g/mol. The maximum absolute atomic E-state index is 12.3. The Hall–Kier alpha value is -1.97. The van der Waals surface area contributed by atoms with Crippen molar-refractivity contribution >= 4 is 49.1 Å². The molecule has 0 bridgehead atoms. The first-order valence-electron chi connectivity index (χ1n) is 8.86. The highest BCUT2D eigenvalue weighted by Crippen LogP contribution is 2.36. The highest BCUT2D eigenvalue weighted by molar-refractivity contribution is 8.00. The van der Waals surface area contributed by atoms with Crippen molar-refractivity contribution in [2.24, 2.45) is 0 Å². The summed E-state index contributed by atoms with van der Waals surface area (Å²) in [6, 6.07) is 11.9. The number of hydrogen-bond acceptors (Lipinski definition) is 7. The molecule has 9 heteroatoms. The summed E-state index contributed by atoms with van der Waals surface area (Å²) in [6.45, 7) is 1.84. The topological polar surface area (TPSA) is 89.0 Å². The second-order valence-electron chi connectivity index (χ2n) is 6.73. The van der Waals surface area contributed by atoms with Gasteiger partial charge in [-0.05, 0) is 25.0 Å². The van der Waals surface area contributed by atoms with E-state index in [0.717, 1.165) is 25.7 Å². The predicted molar refractivity (Wildman–Crippen MR) is 114 cm³/mol. The Kier molecular flexibility index (Phi) is 5.39. The Morgan fingerprint density at radius 2 is 2.07 bits per heavy atom. The van der Waals surface area contributed by atoms with Gasteiger partial charge in [-0.25, -0.2) is 18.4 Å². The quantitative estimate of drug-likeness (QED) is 0.491. The lowest BCUT2D eigenvalue weighted by Gasteiger charge is -2.10. The molecule has 3 aromatic rings. The minimum absolute atomic E-state index is 0.0330. The number of amides is 1. The van der Waals surface area contributed by atoms with Crippen LogP contribution in [0.1, 0.15) is 12.2 Å². The molecule has 1 aliphatic heterocycles. The van der Waals surface area contributed by atoms with E-state index in [1.165, 1.54) is 11.8 Å². The molecule has 146 valence electrons. The van der Waals surface area contributed by atoms with Crippen molar-refractivity contribution in [3.8, 4) is 10.4 Å². The van der Waals surface area contributed by atoms with Crippen molar-refractivity contribution in [2.75, 3.05) is 17.3 Å². The second kappa shape index (κ2) is 7.81. The molecule has 1 unspecified atom stereocenters. The molecule has 0 spiro atoms. The Morgan fingerprint density at radius 3 is 2.79 bits per heavy atom. The summed E-state index contributed by atoms with van der Waals surface area (Å²) in [6.07, 6.45) is 0.487. The van der Waals surface area contributed by atoms with Gasteiger partial charge in [0.2, 0.25) is 5.91 Å². The van der Waals surface area contributed by atoms with E-state index in [0.29, 0.717) is 12.2 Å². The Balaban J connectivity index is 1.50. The van der Waals surface area contributed by atoms with Crippen molar-refractivity contribution in [2.45, 2.75) is 24.4 Å². The van der Waals surface area contributed by atoms with Crippen LogP contribution in [0.15, 0.2) is 41.4 Å². The fraction of sp³-hybridized carbons (Fsp3) is 0.316. The molecule has 0 saturated carbocycles. The van der Waals surface area contributed by atoms with Crippen LogP contribution in [0.3, 0.4) is 0 Å². The zero-order valence-corrected chi connectivity index (χ0v) is 17.7. The van der Waals surface area contributed by atoms with Gasteiger partial charge in [0.05, 0.1) is 17.3 Å². The van der Waals surface area contributed by atoms with Crippen molar-refractivity contribution in [1.29, 1.82) is 0 Å². The Morgan fingerprint density at radius 1 is 1.29 bits per heavy atom. The smallest absolute Gasteiger partial charge is 0.230 e. The van der Waals surface area contributed by atoms with Gasteiger partial charge in [-0.15, -0.1) is 11.3 Å². The van der Waals surface area contributed by atoms with E-state index < -0.39 is 9.84 Å². The molecule has 0 radical (unpaired) electrons. The van der Waals surface area contributed by atoms with Crippen LogP contribution in [0.25, 0.3) is 20.7 Å².